The van der Waals surface area contributed by atoms with Crippen LogP contribution in [0.4, 0.5) is 19.0 Å². The second-order valence-electron chi connectivity index (χ2n) is 2.74. The zero-order valence-electron chi connectivity index (χ0n) is 7.93. The second-order valence-corrected chi connectivity index (χ2v) is 2.74. The van der Waals surface area contributed by atoms with Crippen LogP contribution in [0.5, 0.6) is 11.5 Å². The first-order valence-electron chi connectivity index (χ1n) is 3.98. The molecule has 0 radical (unpaired) electrons. The molecular weight excluding hydrogens is 249 g/mol. The Bertz CT molecular complexity index is 448. The van der Waals surface area contributed by atoms with E-state index in [9.17, 15) is 23.3 Å². The number of halogens is 3. The minimum Gasteiger partial charge on any atom is -0.501 e. The van der Waals surface area contributed by atoms with E-state index >= 15 is 0 Å². The first-order valence-corrected chi connectivity index (χ1v) is 3.98. The lowest BCUT2D eigenvalue weighted by molar-refractivity contribution is -0.390. The molecule has 0 aliphatic carbocycles. The lowest BCUT2D eigenvalue weighted by atomic mass is 10.3. The van der Waals surface area contributed by atoms with Crippen LogP contribution in [0.2, 0.25) is 0 Å². The number of pyridine rings is 1. The minimum atomic E-state index is -5.06. The number of nitrogens with zero attached hydrogens (tertiary/aromatic N) is 2. The van der Waals surface area contributed by atoms with Crippen LogP contribution in [0.1, 0.15) is 5.69 Å². The lowest BCUT2D eigenvalue weighted by Crippen LogP contribution is -2.18. The van der Waals surface area contributed by atoms with Gasteiger partial charge in [0.05, 0.1) is 0 Å². The zero-order chi connectivity index (χ0) is 13.2. The molecule has 1 aromatic heterocycles. The predicted molar refractivity (Wildman–Crippen MR) is 45.2 cm³/mol. The SMILES string of the molecule is O=[N+]([O-])c1nc(CO)c(OC(F)(F)F)cc1O. The van der Waals surface area contributed by atoms with Gasteiger partial charge in [-0.25, -0.2) is 0 Å². The number of ether oxygens (including phenoxy) is 1. The fourth-order valence-electron chi connectivity index (χ4n) is 0.973. The summed E-state index contributed by atoms with van der Waals surface area (Å²) >= 11 is 0. The second kappa shape index (κ2) is 4.41. The van der Waals surface area contributed by atoms with Crippen molar-refractivity contribution in [2.24, 2.45) is 0 Å². The molecule has 0 fully saturated rings. The van der Waals surface area contributed by atoms with Crippen molar-refractivity contribution in [3.63, 3.8) is 0 Å². The maximum Gasteiger partial charge on any atom is 0.573 e. The standard InChI is InChI=1S/C7H5F3N2O5/c8-7(9,10)17-5-1-4(14)6(12(15)16)11-3(5)2-13/h1,13-14H,2H2. The summed E-state index contributed by atoms with van der Waals surface area (Å²) in [6, 6.07) is 0.365. The Kier molecular flexibility index (Phi) is 3.36. The van der Waals surface area contributed by atoms with Gasteiger partial charge in [0, 0.05) is 6.07 Å². The topological polar surface area (TPSA) is 106 Å². The smallest absolute Gasteiger partial charge is 0.501 e. The summed E-state index contributed by atoms with van der Waals surface area (Å²) < 4.78 is 39.1. The summed E-state index contributed by atoms with van der Waals surface area (Å²) in [4.78, 5) is 12.3. The normalized spacial score (nSPS) is 11.3. The molecule has 0 unspecified atom stereocenters. The van der Waals surface area contributed by atoms with Crippen molar-refractivity contribution in [3.05, 3.63) is 21.9 Å². The molecule has 7 nitrogen and oxygen atoms in total. The van der Waals surface area contributed by atoms with Gasteiger partial charge in [-0.1, -0.05) is 0 Å². The molecular formula is C7H5F3N2O5. The highest BCUT2D eigenvalue weighted by Crippen LogP contribution is 2.33. The van der Waals surface area contributed by atoms with Crippen LogP contribution in [0, 0.1) is 10.1 Å². The predicted octanol–water partition coefficient (Wildman–Crippen LogP) is 1.09. The molecule has 0 aliphatic rings. The molecule has 2 N–H and O–H groups in total. The fourth-order valence-corrected chi connectivity index (χ4v) is 0.973. The highest BCUT2D eigenvalue weighted by atomic mass is 19.4. The average molecular weight is 254 g/mol. The van der Waals surface area contributed by atoms with E-state index in [-0.39, 0.29) is 0 Å². The monoisotopic (exact) mass is 254 g/mol. The molecule has 1 heterocycles. The van der Waals surface area contributed by atoms with Crippen molar-refractivity contribution in [2.45, 2.75) is 13.0 Å². The molecule has 0 bridgehead atoms. The van der Waals surface area contributed by atoms with Gasteiger partial charge in [0.2, 0.25) is 11.4 Å². The quantitative estimate of drug-likeness (QED) is 0.617. The Balaban J connectivity index is 3.24. The van der Waals surface area contributed by atoms with Crippen LogP contribution >= 0.6 is 0 Å². The number of aliphatic hydroxyl groups excluding tert-OH is 1. The summed E-state index contributed by atoms with van der Waals surface area (Å²) in [5.41, 5.74) is -0.702. The van der Waals surface area contributed by atoms with E-state index in [1.807, 2.05) is 0 Å². The van der Waals surface area contributed by atoms with E-state index < -0.39 is 40.9 Å². The molecule has 94 valence electrons. The van der Waals surface area contributed by atoms with Crippen LogP contribution in [0.25, 0.3) is 0 Å². The first-order chi connectivity index (χ1) is 7.74. The maximum atomic E-state index is 11.9. The molecule has 0 amide bonds. The van der Waals surface area contributed by atoms with Crippen molar-refractivity contribution in [3.8, 4) is 11.5 Å². The Labute approximate surface area is 91.2 Å². The lowest BCUT2D eigenvalue weighted by Gasteiger charge is -2.09. The molecule has 0 spiro atoms. The van der Waals surface area contributed by atoms with E-state index in [1.165, 1.54) is 0 Å². The molecule has 0 aliphatic heterocycles. The third-order valence-electron chi connectivity index (χ3n) is 1.57. The highest BCUT2D eigenvalue weighted by molar-refractivity contribution is 5.46. The molecule has 0 saturated carbocycles. The molecule has 1 aromatic rings. The van der Waals surface area contributed by atoms with Crippen LogP contribution in [-0.2, 0) is 6.61 Å². The number of hydrogen-bond donors (Lipinski definition) is 2. The summed E-state index contributed by atoms with van der Waals surface area (Å²) in [7, 11) is 0. The summed E-state index contributed by atoms with van der Waals surface area (Å²) in [5.74, 6) is -3.15. The van der Waals surface area contributed by atoms with Crippen LogP contribution in [0.3, 0.4) is 0 Å². The molecule has 1 rings (SSSR count). The molecule has 17 heavy (non-hydrogen) atoms. The van der Waals surface area contributed by atoms with Crippen LogP contribution in [-0.4, -0.2) is 26.5 Å². The Morgan fingerprint density at radius 2 is 2.12 bits per heavy atom. The van der Waals surface area contributed by atoms with E-state index in [1.54, 1.807) is 0 Å². The number of alkyl halides is 3. The van der Waals surface area contributed by atoms with Crippen molar-refractivity contribution in [1.29, 1.82) is 0 Å². The van der Waals surface area contributed by atoms with E-state index in [0.29, 0.717) is 6.07 Å². The third-order valence-corrected chi connectivity index (χ3v) is 1.57. The summed E-state index contributed by atoms with van der Waals surface area (Å²) in [5, 5.41) is 28.1. The molecule has 0 atom stereocenters. The van der Waals surface area contributed by atoms with Crippen molar-refractivity contribution in [1.82, 2.24) is 4.98 Å². The molecule has 0 aromatic carbocycles. The Hall–Kier alpha value is -2.10. The van der Waals surface area contributed by atoms with Gasteiger partial charge in [-0.15, -0.1) is 13.2 Å². The first kappa shape index (κ1) is 13.0. The fraction of sp³-hybridized carbons (Fsp3) is 0.286. The number of aromatic nitrogens is 1. The van der Waals surface area contributed by atoms with Gasteiger partial charge in [-0.3, -0.25) is 0 Å². The van der Waals surface area contributed by atoms with Gasteiger partial charge in [0.25, 0.3) is 0 Å². The minimum absolute atomic E-state index is 0.365. The molecule has 10 heteroatoms. The number of hydrogen-bond acceptors (Lipinski definition) is 6. The highest BCUT2D eigenvalue weighted by Gasteiger charge is 2.34. The number of aliphatic hydroxyl groups is 1. The Morgan fingerprint density at radius 3 is 2.53 bits per heavy atom. The largest absolute Gasteiger partial charge is 0.573 e. The van der Waals surface area contributed by atoms with Crippen molar-refractivity contribution < 1.29 is 33.0 Å². The van der Waals surface area contributed by atoms with E-state index in [4.69, 9.17) is 10.2 Å². The zero-order valence-corrected chi connectivity index (χ0v) is 7.93. The average Bonchev–Trinajstić information content (AvgIpc) is 2.14. The summed E-state index contributed by atoms with van der Waals surface area (Å²) in [6.07, 6.45) is -5.06. The summed E-state index contributed by atoms with van der Waals surface area (Å²) in [6.45, 7) is -1.01. The van der Waals surface area contributed by atoms with Gasteiger partial charge in [-0.2, -0.15) is 0 Å². The van der Waals surface area contributed by atoms with Crippen molar-refractivity contribution >= 4 is 5.82 Å². The maximum absolute atomic E-state index is 11.9. The van der Waals surface area contributed by atoms with Crippen molar-refractivity contribution in [2.75, 3.05) is 0 Å². The number of aromatic hydroxyl groups is 1. The van der Waals surface area contributed by atoms with Crippen LogP contribution in [0.15, 0.2) is 6.07 Å². The van der Waals surface area contributed by atoms with Gasteiger partial charge in [-0.05, 0) is 9.91 Å². The number of nitro groups is 1. The van der Waals surface area contributed by atoms with Gasteiger partial charge in [0.1, 0.15) is 6.61 Å². The molecule has 0 saturated heterocycles. The van der Waals surface area contributed by atoms with Gasteiger partial charge >= 0.3 is 12.2 Å². The third kappa shape index (κ3) is 3.17. The van der Waals surface area contributed by atoms with Gasteiger partial charge in [0.15, 0.2) is 5.75 Å². The van der Waals surface area contributed by atoms with Gasteiger partial charge < -0.3 is 25.1 Å². The van der Waals surface area contributed by atoms with E-state index in [0.717, 1.165) is 0 Å². The Morgan fingerprint density at radius 1 is 1.53 bits per heavy atom. The number of rotatable bonds is 3. The van der Waals surface area contributed by atoms with Crippen LogP contribution < -0.4 is 4.74 Å². The van der Waals surface area contributed by atoms with E-state index in [2.05, 4.69) is 9.72 Å².